The van der Waals surface area contributed by atoms with Crippen molar-refractivity contribution in [2.75, 3.05) is 18.6 Å². The second kappa shape index (κ2) is 11.1. The molecule has 0 aliphatic carbocycles. The van der Waals surface area contributed by atoms with E-state index in [2.05, 4.69) is 26.5 Å². The van der Waals surface area contributed by atoms with Crippen molar-refractivity contribution in [2.24, 2.45) is 11.0 Å². The number of hydrazone groups is 1. The van der Waals surface area contributed by atoms with Crippen LogP contribution in [0.1, 0.15) is 17.5 Å². The predicted molar refractivity (Wildman–Crippen MR) is 134 cm³/mol. The summed E-state index contributed by atoms with van der Waals surface area (Å²) in [6, 6.07) is 18.7. The van der Waals surface area contributed by atoms with Gasteiger partial charge in [-0.05, 0) is 65.7 Å². The Balaban J connectivity index is 1.33. The minimum absolute atomic E-state index is 0.0996. The number of nitrogens with zero attached hydrogens (tertiary/aromatic N) is 2. The number of anilines is 1. The van der Waals surface area contributed by atoms with Gasteiger partial charge in [0, 0.05) is 23.1 Å². The Hall–Kier alpha value is -3.72. The van der Waals surface area contributed by atoms with Crippen LogP contribution >= 0.6 is 15.9 Å². The topological polar surface area (TPSA) is 80.2 Å². The van der Waals surface area contributed by atoms with E-state index < -0.39 is 5.92 Å². The van der Waals surface area contributed by atoms with Gasteiger partial charge in [-0.15, -0.1) is 0 Å². The lowest BCUT2D eigenvalue weighted by Crippen LogP contribution is -2.30. The molecule has 3 aromatic carbocycles. The zero-order valence-corrected chi connectivity index (χ0v) is 20.5. The molecule has 0 bridgehead atoms. The Morgan fingerprint density at radius 2 is 1.89 bits per heavy atom. The van der Waals surface area contributed by atoms with E-state index in [1.165, 1.54) is 25.5 Å². The van der Waals surface area contributed by atoms with Crippen molar-refractivity contribution in [1.82, 2.24) is 5.43 Å². The van der Waals surface area contributed by atoms with Gasteiger partial charge in [0.25, 0.3) is 0 Å². The van der Waals surface area contributed by atoms with Crippen LogP contribution in [0.2, 0.25) is 0 Å². The van der Waals surface area contributed by atoms with Crippen LogP contribution in [0.15, 0.2) is 76.3 Å². The molecule has 1 N–H and O–H groups in total. The molecule has 1 atom stereocenters. The highest BCUT2D eigenvalue weighted by molar-refractivity contribution is 9.10. The number of halogens is 2. The molecule has 9 heteroatoms. The van der Waals surface area contributed by atoms with Crippen LogP contribution in [0, 0.1) is 11.7 Å². The fraction of sp³-hybridized carbons (Fsp3) is 0.192. The van der Waals surface area contributed by atoms with Gasteiger partial charge in [-0.1, -0.05) is 28.1 Å². The fourth-order valence-electron chi connectivity index (χ4n) is 3.64. The molecule has 0 saturated carbocycles. The molecule has 180 valence electrons. The summed E-state index contributed by atoms with van der Waals surface area (Å²) >= 11 is 3.37. The lowest BCUT2D eigenvalue weighted by molar-refractivity contribution is -0.126. The number of carbonyl (C=O) groups excluding carboxylic acids is 2. The summed E-state index contributed by atoms with van der Waals surface area (Å²) in [6.07, 6.45) is 1.62. The van der Waals surface area contributed by atoms with Crippen molar-refractivity contribution in [1.29, 1.82) is 0 Å². The van der Waals surface area contributed by atoms with Gasteiger partial charge in [0.15, 0.2) is 11.5 Å². The number of amides is 2. The first kappa shape index (κ1) is 24.4. The summed E-state index contributed by atoms with van der Waals surface area (Å²) in [6.45, 7) is 0.563. The average molecular weight is 540 g/mol. The number of carbonyl (C=O) groups is 2. The molecule has 0 unspecified atom stereocenters. The minimum Gasteiger partial charge on any atom is -0.493 e. The monoisotopic (exact) mass is 539 g/mol. The van der Waals surface area contributed by atoms with E-state index in [1.807, 2.05) is 24.3 Å². The largest absolute Gasteiger partial charge is 0.493 e. The average Bonchev–Trinajstić information content (AvgIpc) is 3.26. The van der Waals surface area contributed by atoms with Crippen molar-refractivity contribution >= 4 is 39.6 Å². The van der Waals surface area contributed by atoms with Gasteiger partial charge in [-0.3, -0.25) is 9.59 Å². The zero-order valence-electron chi connectivity index (χ0n) is 18.9. The van der Waals surface area contributed by atoms with E-state index in [1.54, 1.807) is 35.2 Å². The number of benzene rings is 3. The van der Waals surface area contributed by atoms with E-state index in [-0.39, 0.29) is 30.7 Å². The predicted octanol–water partition coefficient (Wildman–Crippen LogP) is 4.68. The van der Waals surface area contributed by atoms with Crippen LogP contribution in [0.4, 0.5) is 10.1 Å². The quantitative estimate of drug-likeness (QED) is 0.333. The van der Waals surface area contributed by atoms with Gasteiger partial charge in [-0.25, -0.2) is 9.82 Å². The first-order valence-corrected chi connectivity index (χ1v) is 11.7. The Labute approximate surface area is 210 Å². The number of hydrogen-bond donors (Lipinski definition) is 1. The van der Waals surface area contributed by atoms with E-state index in [0.717, 1.165) is 15.7 Å². The zero-order chi connectivity index (χ0) is 24.8. The molecular weight excluding hydrogens is 517 g/mol. The van der Waals surface area contributed by atoms with Gasteiger partial charge in [0.1, 0.15) is 12.4 Å². The van der Waals surface area contributed by atoms with Crippen molar-refractivity contribution in [3.8, 4) is 11.5 Å². The van der Waals surface area contributed by atoms with Crippen LogP contribution in [0.25, 0.3) is 0 Å². The Morgan fingerprint density at radius 3 is 2.60 bits per heavy atom. The molecule has 1 fully saturated rings. The Kier molecular flexibility index (Phi) is 7.77. The number of methoxy groups -OCH3 is 1. The summed E-state index contributed by atoms with van der Waals surface area (Å²) in [4.78, 5) is 26.5. The summed E-state index contributed by atoms with van der Waals surface area (Å²) in [5.41, 5.74) is 4.79. The number of nitrogens with one attached hydrogen (secondary N) is 1. The van der Waals surface area contributed by atoms with Crippen LogP contribution in [0.5, 0.6) is 11.5 Å². The Morgan fingerprint density at radius 1 is 1.14 bits per heavy atom. The van der Waals surface area contributed by atoms with Gasteiger partial charge < -0.3 is 14.4 Å². The molecule has 0 radical (unpaired) electrons. The maximum absolute atomic E-state index is 13.1. The molecule has 0 aromatic heterocycles. The van der Waals surface area contributed by atoms with Gasteiger partial charge in [-0.2, -0.15) is 5.10 Å². The Bertz CT molecular complexity index is 1230. The lowest BCUT2D eigenvalue weighted by atomic mass is 10.1. The molecule has 1 heterocycles. The summed E-state index contributed by atoms with van der Waals surface area (Å²) < 4.78 is 25.1. The van der Waals surface area contributed by atoms with Gasteiger partial charge >= 0.3 is 0 Å². The lowest BCUT2D eigenvalue weighted by Gasteiger charge is -2.16. The van der Waals surface area contributed by atoms with E-state index in [9.17, 15) is 14.0 Å². The van der Waals surface area contributed by atoms with Gasteiger partial charge in [0.05, 0.1) is 19.2 Å². The van der Waals surface area contributed by atoms with Crippen molar-refractivity contribution in [3.05, 3.63) is 88.1 Å². The highest BCUT2D eigenvalue weighted by Gasteiger charge is 2.35. The van der Waals surface area contributed by atoms with Crippen molar-refractivity contribution in [3.63, 3.8) is 0 Å². The maximum Gasteiger partial charge on any atom is 0.245 e. The molecule has 3 aromatic rings. The summed E-state index contributed by atoms with van der Waals surface area (Å²) in [5, 5.41) is 4.03. The molecule has 1 saturated heterocycles. The normalized spacial score (nSPS) is 15.5. The van der Waals surface area contributed by atoms with Crippen LogP contribution in [-0.4, -0.2) is 31.7 Å². The summed E-state index contributed by atoms with van der Waals surface area (Å²) in [5.74, 6) is -0.189. The van der Waals surface area contributed by atoms with Crippen LogP contribution in [0.3, 0.4) is 0 Å². The molecule has 2 amide bonds. The van der Waals surface area contributed by atoms with E-state index in [4.69, 9.17) is 9.47 Å². The molecular formula is C26H23BrFN3O4. The van der Waals surface area contributed by atoms with E-state index in [0.29, 0.717) is 23.6 Å². The summed E-state index contributed by atoms with van der Waals surface area (Å²) in [7, 11) is 1.52. The first-order valence-electron chi connectivity index (χ1n) is 10.9. The number of rotatable bonds is 8. The smallest absolute Gasteiger partial charge is 0.245 e. The molecule has 4 rings (SSSR count). The number of ether oxygens (including phenoxy) is 2. The second-order valence-electron chi connectivity index (χ2n) is 7.94. The van der Waals surface area contributed by atoms with Crippen LogP contribution in [-0.2, 0) is 16.2 Å². The molecule has 0 spiro atoms. The van der Waals surface area contributed by atoms with Crippen molar-refractivity contribution < 1.29 is 23.5 Å². The third-order valence-electron chi connectivity index (χ3n) is 5.52. The molecule has 1 aliphatic heterocycles. The van der Waals surface area contributed by atoms with Gasteiger partial charge in [0.2, 0.25) is 11.8 Å². The molecule has 1 aliphatic rings. The van der Waals surface area contributed by atoms with Crippen molar-refractivity contribution in [2.45, 2.75) is 13.0 Å². The van der Waals surface area contributed by atoms with Crippen LogP contribution < -0.4 is 19.8 Å². The minimum atomic E-state index is -0.486. The fourth-order valence-corrected chi connectivity index (χ4v) is 3.91. The molecule has 7 nitrogen and oxygen atoms in total. The second-order valence-corrected chi connectivity index (χ2v) is 8.86. The first-order chi connectivity index (χ1) is 16.9. The highest BCUT2D eigenvalue weighted by Crippen LogP contribution is 2.29. The molecule has 35 heavy (non-hydrogen) atoms. The maximum atomic E-state index is 13.1. The number of hydrogen-bond acceptors (Lipinski definition) is 5. The SMILES string of the molecule is COc1cc(/C=N\NC(=O)[C@@H]2CC(=O)N(c3ccc(Br)cc3)C2)ccc1OCc1ccc(F)cc1. The van der Waals surface area contributed by atoms with E-state index >= 15 is 0 Å². The third-order valence-corrected chi connectivity index (χ3v) is 6.05. The highest BCUT2D eigenvalue weighted by atomic mass is 79.9. The standard InChI is InChI=1S/C26H23BrFN3O4/c1-34-24-12-18(4-11-23(24)35-16-17-2-7-21(28)8-3-17)14-29-30-26(33)19-13-25(32)31(15-19)22-9-5-20(27)6-10-22/h2-12,14,19H,13,15-16H2,1H3,(H,30,33)/b29-14-/t19-/m1/s1. The third kappa shape index (κ3) is 6.24.